The quantitative estimate of drug-likeness (QED) is 0.353. The normalized spacial score (nSPS) is 28.6. The van der Waals surface area contributed by atoms with Gasteiger partial charge in [-0.3, -0.25) is 0 Å². The molecule has 0 heterocycles. The first-order valence-corrected chi connectivity index (χ1v) is 11.6. The first kappa shape index (κ1) is 20.9. The van der Waals surface area contributed by atoms with E-state index in [-0.39, 0.29) is 0 Å². The van der Waals surface area contributed by atoms with Crippen LogP contribution in [-0.2, 0) is 6.42 Å². The first-order chi connectivity index (χ1) is 13.8. The molecule has 0 amide bonds. The third kappa shape index (κ3) is 6.10. The van der Waals surface area contributed by atoms with Crippen LogP contribution in [0.3, 0.4) is 0 Å². The minimum absolute atomic E-state index is 0.806. The van der Waals surface area contributed by atoms with Crippen molar-refractivity contribution in [1.82, 2.24) is 0 Å². The van der Waals surface area contributed by atoms with Crippen LogP contribution >= 0.6 is 0 Å². The van der Waals surface area contributed by atoms with Crippen LogP contribution < -0.4 is 0 Å². The molecule has 1 nitrogen and oxygen atoms in total. The van der Waals surface area contributed by atoms with E-state index < -0.39 is 0 Å². The zero-order chi connectivity index (χ0) is 19.6. The highest BCUT2D eigenvalue weighted by atomic mass is 14.4. The SMILES string of the molecule is CCc1ccc([C@H]2CC[C@H]([C@H]3CC[C@H](CCC=CC=CC#N)CC3)CC2)cc1. The number of nitrogens with zero attached hydrogens (tertiary/aromatic N) is 1. The Balaban J connectivity index is 1.36. The summed E-state index contributed by atoms with van der Waals surface area (Å²) < 4.78 is 0. The molecule has 150 valence electrons. The molecule has 0 aromatic heterocycles. The number of allylic oxidation sites excluding steroid dienone is 4. The van der Waals surface area contributed by atoms with E-state index in [4.69, 9.17) is 5.26 Å². The standard InChI is InChI=1S/C27H37N/c1-2-22-9-13-24(14-10-22)26-17-19-27(20-18-26)25-15-11-23(12-16-25)8-6-4-3-5-7-21-28/h3-5,7,9-10,13-14,23,25-27H,2,6,8,11-12,15-20H2,1H3/t23-,25-,26-,27-. The Morgan fingerprint density at radius 3 is 2.14 bits per heavy atom. The number of nitriles is 1. The minimum Gasteiger partial charge on any atom is -0.193 e. The molecule has 28 heavy (non-hydrogen) atoms. The molecule has 0 aliphatic heterocycles. The van der Waals surface area contributed by atoms with Gasteiger partial charge in [0.2, 0.25) is 0 Å². The molecular formula is C27H37N. The van der Waals surface area contributed by atoms with Gasteiger partial charge in [0.1, 0.15) is 0 Å². The Labute approximate surface area is 172 Å². The highest BCUT2D eigenvalue weighted by Crippen LogP contribution is 2.44. The van der Waals surface area contributed by atoms with Crippen LogP contribution in [0.25, 0.3) is 0 Å². The Morgan fingerprint density at radius 2 is 1.54 bits per heavy atom. The number of hydrogen-bond acceptors (Lipinski definition) is 1. The van der Waals surface area contributed by atoms with Gasteiger partial charge in [-0.1, -0.05) is 62.3 Å². The molecule has 0 N–H and O–H groups in total. The summed E-state index contributed by atoms with van der Waals surface area (Å²) in [5, 5.41) is 8.48. The maximum atomic E-state index is 8.48. The fourth-order valence-electron chi connectivity index (χ4n) is 5.50. The topological polar surface area (TPSA) is 23.8 Å². The Kier molecular flexibility index (Phi) is 8.41. The lowest BCUT2D eigenvalue weighted by molar-refractivity contribution is 0.157. The Bertz CT molecular complexity index is 659. The van der Waals surface area contributed by atoms with E-state index in [0.717, 1.165) is 36.5 Å². The van der Waals surface area contributed by atoms with Gasteiger partial charge in [0.05, 0.1) is 6.07 Å². The van der Waals surface area contributed by atoms with Crippen molar-refractivity contribution in [2.75, 3.05) is 0 Å². The van der Waals surface area contributed by atoms with Gasteiger partial charge in [-0.05, 0) is 92.6 Å². The predicted octanol–water partition coefficient (Wildman–Crippen LogP) is 7.75. The lowest BCUT2D eigenvalue weighted by Gasteiger charge is -2.38. The van der Waals surface area contributed by atoms with Gasteiger partial charge >= 0.3 is 0 Å². The Hall–Kier alpha value is -1.81. The molecule has 0 bridgehead atoms. The van der Waals surface area contributed by atoms with Crippen molar-refractivity contribution in [3.05, 3.63) is 59.7 Å². The van der Waals surface area contributed by atoms with Gasteiger partial charge in [-0.25, -0.2) is 0 Å². The van der Waals surface area contributed by atoms with Crippen molar-refractivity contribution in [3.8, 4) is 6.07 Å². The third-order valence-corrected chi connectivity index (χ3v) is 7.35. The van der Waals surface area contributed by atoms with E-state index in [1.807, 2.05) is 18.2 Å². The monoisotopic (exact) mass is 375 g/mol. The van der Waals surface area contributed by atoms with Gasteiger partial charge in [-0.15, -0.1) is 0 Å². The van der Waals surface area contributed by atoms with Crippen molar-refractivity contribution in [2.45, 2.75) is 83.5 Å². The van der Waals surface area contributed by atoms with E-state index in [1.54, 1.807) is 5.56 Å². The highest BCUT2D eigenvalue weighted by molar-refractivity contribution is 5.25. The minimum atomic E-state index is 0.806. The molecule has 0 atom stereocenters. The highest BCUT2D eigenvalue weighted by Gasteiger charge is 2.31. The van der Waals surface area contributed by atoms with Gasteiger partial charge in [0, 0.05) is 6.08 Å². The summed E-state index contributed by atoms with van der Waals surface area (Å²) in [7, 11) is 0. The van der Waals surface area contributed by atoms with Crippen molar-refractivity contribution in [3.63, 3.8) is 0 Å². The molecule has 1 aromatic carbocycles. The summed E-state index contributed by atoms with van der Waals surface area (Å²) in [4.78, 5) is 0. The maximum Gasteiger partial charge on any atom is 0.0912 e. The maximum absolute atomic E-state index is 8.48. The zero-order valence-electron chi connectivity index (χ0n) is 17.7. The average molecular weight is 376 g/mol. The molecular weight excluding hydrogens is 338 g/mol. The van der Waals surface area contributed by atoms with E-state index in [1.165, 1.54) is 69.4 Å². The van der Waals surface area contributed by atoms with Crippen molar-refractivity contribution in [1.29, 1.82) is 5.26 Å². The molecule has 0 radical (unpaired) electrons. The van der Waals surface area contributed by atoms with Gasteiger partial charge in [-0.2, -0.15) is 5.26 Å². The predicted molar refractivity (Wildman–Crippen MR) is 119 cm³/mol. The molecule has 0 spiro atoms. The van der Waals surface area contributed by atoms with E-state index >= 15 is 0 Å². The van der Waals surface area contributed by atoms with Crippen LogP contribution in [0.15, 0.2) is 48.6 Å². The first-order valence-electron chi connectivity index (χ1n) is 11.6. The second-order valence-electron chi connectivity index (χ2n) is 8.98. The second kappa shape index (κ2) is 11.3. The van der Waals surface area contributed by atoms with Crippen LogP contribution in [0, 0.1) is 29.1 Å². The van der Waals surface area contributed by atoms with Gasteiger partial charge in [0.15, 0.2) is 0 Å². The molecule has 1 heteroatoms. The van der Waals surface area contributed by atoms with Crippen molar-refractivity contribution >= 4 is 0 Å². The third-order valence-electron chi connectivity index (χ3n) is 7.35. The number of aryl methyl sites for hydroxylation is 1. The van der Waals surface area contributed by atoms with Crippen LogP contribution in [0.5, 0.6) is 0 Å². The van der Waals surface area contributed by atoms with E-state index in [0.29, 0.717) is 0 Å². The van der Waals surface area contributed by atoms with Crippen LogP contribution in [-0.4, -0.2) is 0 Å². The molecule has 2 saturated carbocycles. The lowest BCUT2D eigenvalue weighted by Crippen LogP contribution is -2.25. The molecule has 2 aliphatic carbocycles. The van der Waals surface area contributed by atoms with Crippen molar-refractivity contribution < 1.29 is 0 Å². The summed E-state index contributed by atoms with van der Waals surface area (Å²) >= 11 is 0. The summed E-state index contributed by atoms with van der Waals surface area (Å²) in [5.74, 6) is 3.71. The number of rotatable bonds is 7. The van der Waals surface area contributed by atoms with Crippen LogP contribution in [0.4, 0.5) is 0 Å². The molecule has 3 rings (SSSR count). The smallest absolute Gasteiger partial charge is 0.0912 e. The lowest BCUT2D eigenvalue weighted by atomic mass is 9.68. The molecule has 0 unspecified atom stereocenters. The number of benzene rings is 1. The number of hydrogen-bond donors (Lipinski definition) is 0. The Morgan fingerprint density at radius 1 is 0.893 bits per heavy atom. The van der Waals surface area contributed by atoms with E-state index in [9.17, 15) is 0 Å². The fraction of sp³-hybridized carbons (Fsp3) is 0.593. The fourth-order valence-corrected chi connectivity index (χ4v) is 5.50. The average Bonchev–Trinajstić information content (AvgIpc) is 2.77. The van der Waals surface area contributed by atoms with Crippen LogP contribution in [0.2, 0.25) is 0 Å². The van der Waals surface area contributed by atoms with Gasteiger partial charge in [0.25, 0.3) is 0 Å². The largest absolute Gasteiger partial charge is 0.193 e. The van der Waals surface area contributed by atoms with E-state index in [2.05, 4.69) is 37.3 Å². The summed E-state index contributed by atoms with van der Waals surface area (Å²) in [5.41, 5.74) is 3.04. The molecule has 0 saturated heterocycles. The summed E-state index contributed by atoms with van der Waals surface area (Å²) in [6.45, 7) is 2.24. The molecule has 1 aromatic rings. The molecule has 2 aliphatic rings. The van der Waals surface area contributed by atoms with Crippen molar-refractivity contribution in [2.24, 2.45) is 17.8 Å². The summed E-state index contributed by atoms with van der Waals surface area (Å²) in [6.07, 6.45) is 22.7. The summed E-state index contributed by atoms with van der Waals surface area (Å²) in [6, 6.07) is 11.5. The van der Waals surface area contributed by atoms with Gasteiger partial charge < -0.3 is 0 Å². The molecule has 2 fully saturated rings. The van der Waals surface area contributed by atoms with Crippen LogP contribution in [0.1, 0.15) is 88.2 Å². The second-order valence-corrected chi connectivity index (χ2v) is 8.98. The zero-order valence-corrected chi connectivity index (χ0v) is 17.7.